The van der Waals surface area contributed by atoms with E-state index in [9.17, 15) is 34.8 Å². The summed E-state index contributed by atoms with van der Waals surface area (Å²) in [5, 5.41) is 39.8. The number of rotatable bonds is 38. The van der Waals surface area contributed by atoms with Crippen LogP contribution in [-0.4, -0.2) is 88.4 Å². The van der Waals surface area contributed by atoms with Crippen molar-refractivity contribution in [1.82, 2.24) is 0 Å². The first-order valence-electron chi connectivity index (χ1n) is 22.7. The Kier molecular flexibility index (Phi) is 33.5. The first kappa shape index (κ1) is 52.0. The van der Waals surface area contributed by atoms with Gasteiger partial charge < -0.3 is 39.4 Å². The van der Waals surface area contributed by atoms with E-state index in [4.69, 9.17) is 18.9 Å². The second-order valence-electron chi connectivity index (χ2n) is 15.9. The van der Waals surface area contributed by atoms with Crippen LogP contribution >= 0.6 is 0 Å². The smallest absolute Gasteiger partial charge is 0.335 e. The van der Waals surface area contributed by atoms with E-state index in [1.165, 1.54) is 128 Å². The Morgan fingerprint density at radius 1 is 0.536 bits per heavy atom. The number of carbonyl (C=O) groups excluding carboxylic acids is 2. The van der Waals surface area contributed by atoms with Gasteiger partial charge >= 0.3 is 17.9 Å². The van der Waals surface area contributed by atoms with Crippen molar-refractivity contribution in [2.45, 2.75) is 243 Å². The summed E-state index contributed by atoms with van der Waals surface area (Å²) >= 11 is 0. The van der Waals surface area contributed by atoms with E-state index >= 15 is 0 Å². The molecular formula is C45H82O11. The van der Waals surface area contributed by atoms with Gasteiger partial charge in [-0.3, -0.25) is 9.59 Å². The van der Waals surface area contributed by atoms with Gasteiger partial charge in [-0.15, -0.1) is 0 Å². The Bertz CT molecular complexity index is 989. The minimum absolute atomic E-state index is 0.187. The fourth-order valence-corrected chi connectivity index (χ4v) is 6.99. The first-order chi connectivity index (χ1) is 27.2. The Labute approximate surface area is 339 Å². The SMILES string of the molecule is CCCCCCCC/C=C\CCCCCCCCCCCC(=O)OCC(COC1OC(C(=O)O)C(O)C(O)C1O)OC(=O)CCCCCCCCCCCCC. The number of allylic oxidation sites excluding steroid dienone is 2. The lowest BCUT2D eigenvalue weighted by molar-refractivity contribution is -0.298. The predicted molar refractivity (Wildman–Crippen MR) is 220 cm³/mol. The maximum atomic E-state index is 12.7. The standard InChI is InChI=1S/C45H82O11/c1-3-5-7-9-11-13-15-16-17-18-19-20-21-22-24-25-27-29-31-33-38(46)53-35-37(36-54-45-42(50)40(48)41(49)43(56-45)44(51)52)55-39(47)34-32-30-28-26-23-14-12-10-8-6-4-2/h16-17,37,40-43,45,48-50H,3-15,18-36H2,1-2H3,(H,51,52)/b17-16-. The molecule has 1 saturated heterocycles. The summed E-state index contributed by atoms with van der Waals surface area (Å²) in [6.07, 6.45) is 28.4. The number of esters is 2. The van der Waals surface area contributed by atoms with E-state index in [1.54, 1.807) is 0 Å². The molecule has 11 heteroatoms. The molecule has 0 radical (unpaired) electrons. The molecule has 0 amide bonds. The molecule has 1 fully saturated rings. The highest BCUT2D eigenvalue weighted by molar-refractivity contribution is 5.73. The minimum Gasteiger partial charge on any atom is -0.479 e. The molecule has 6 unspecified atom stereocenters. The molecule has 56 heavy (non-hydrogen) atoms. The van der Waals surface area contributed by atoms with Gasteiger partial charge in [-0.05, 0) is 38.5 Å². The summed E-state index contributed by atoms with van der Waals surface area (Å²) in [4.78, 5) is 36.8. The van der Waals surface area contributed by atoms with Gasteiger partial charge in [0.05, 0.1) is 6.61 Å². The van der Waals surface area contributed by atoms with Gasteiger partial charge in [-0.2, -0.15) is 0 Å². The summed E-state index contributed by atoms with van der Waals surface area (Å²) < 4.78 is 21.7. The second-order valence-corrected chi connectivity index (χ2v) is 15.9. The molecule has 11 nitrogen and oxygen atoms in total. The summed E-state index contributed by atoms with van der Waals surface area (Å²) in [5.74, 6) is -2.44. The number of ether oxygens (including phenoxy) is 4. The van der Waals surface area contributed by atoms with Gasteiger partial charge in [-0.25, -0.2) is 4.79 Å². The Morgan fingerprint density at radius 3 is 1.39 bits per heavy atom. The summed E-state index contributed by atoms with van der Waals surface area (Å²) in [7, 11) is 0. The zero-order valence-corrected chi connectivity index (χ0v) is 35.4. The summed E-state index contributed by atoms with van der Waals surface area (Å²) in [6.45, 7) is 3.81. The van der Waals surface area contributed by atoms with Crippen LogP contribution in [0.5, 0.6) is 0 Å². The van der Waals surface area contributed by atoms with E-state index in [0.29, 0.717) is 12.8 Å². The highest BCUT2D eigenvalue weighted by Crippen LogP contribution is 2.23. The number of carbonyl (C=O) groups is 3. The van der Waals surface area contributed by atoms with E-state index in [2.05, 4.69) is 26.0 Å². The molecule has 4 N–H and O–H groups in total. The largest absolute Gasteiger partial charge is 0.479 e. The normalized spacial score (nSPS) is 20.3. The third kappa shape index (κ3) is 27.6. The second kappa shape index (κ2) is 36.1. The molecule has 0 spiro atoms. The van der Waals surface area contributed by atoms with Crippen LogP contribution in [0.25, 0.3) is 0 Å². The van der Waals surface area contributed by atoms with Crippen molar-refractivity contribution in [3.05, 3.63) is 12.2 Å². The zero-order chi connectivity index (χ0) is 41.1. The van der Waals surface area contributed by atoms with Crippen LogP contribution in [0.15, 0.2) is 12.2 Å². The quantitative estimate of drug-likeness (QED) is 0.0267. The summed E-state index contributed by atoms with van der Waals surface area (Å²) in [6, 6.07) is 0. The molecule has 1 rings (SSSR count). The third-order valence-corrected chi connectivity index (χ3v) is 10.6. The number of carboxylic acid groups (broad SMARTS) is 1. The summed E-state index contributed by atoms with van der Waals surface area (Å²) in [5.41, 5.74) is 0. The van der Waals surface area contributed by atoms with Crippen molar-refractivity contribution in [3.8, 4) is 0 Å². The van der Waals surface area contributed by atoms with Crippen molar-refractivity contribution in [3.63, 3.8) is 0 Å². The molecule has 1 heterocycles. The number of aliphatic hydroxyl groups is 3. The van der Waals surface area contributed by atoms with Gasteiger partial charge in [0, 0.05) is 12.8 Å². The van der Waals surface area contributed by atoms with Crippen LogP contribution in [-0.2, 0) is 33.3 Å². The molecule has 0 aromatic carbocycles. The van der Waals surface area contributed by atoms with Crippen molar-refractivity contribution in [2.75, 3.05) is 13.2 Å². The topological polar surface area (TPSA) is 169 Å². The maximum absolute atomic E-state index is 12.7. The number of unbranched alkanes of at least 4 members (excludes halogenated alkanes) is 25. The number of carboxylic acids is 1. The number of hydrogen-bond donors (Lipinski definition) is 4. The molecule has 0 bridgehead atoms. The Morgan fingerprint density at radius 2 is 0.946 bits per heavy atom. The zero-order valence-electron chi connectivity index (χ0n) is 35.4. The van der Waals surface area contributed by atoms with Crippen LogP contribution in [0.3, 0.4) is 0 Å². The molecule has 6 atom stereocenters. The van der Waals surface area contributed by atoms with E-state index in [0.717, 1.165) is 38.5 Å². The van der Waals surface area contributed by atoms with Crippen molar-refractivity contribution in [1.29, 1.82) is 0 Å². The molecular weight excluding hydrogens is 716 g/mol. The van der Waals surface area contributed by atoms with Crippen LogP contribution < -0.4 is 0 Å². The van der Waals surface area contributed by atoms with E-state index in [1.807, 2.05) is 0 Å². The fourth-order valence-electron chi connectivity index (χ4n) is 6.99. The van der Waals surface area contributed by atoms with Gasteiger partial charge in [-0.1, -0.05) is 167 Å². The molecule has 328 valence electrons. The molecule has 0 saturated carbocycles. The predicted octanol–water partition coefficient (Wildman–Crippen LogP) is 9.65. The van der Waals surface area contributed by atoms with Crippen LogP contribution in [0.1, 0.15) is 206 Å². The molecule has 0 aromatic rings. The van der Waals surface area contributed by atoms with Crippen molar-refractivity contribution in [2.24, 2.45) is 0 Å². The van der Waals surface area contributed by atoms with Crippen LogP contribution in [0, 0.1) is 0 Å². The van der Waals surface area contributed by atoms with Gasteiger partial charge in [0.1, 0.15) is 24.9 Å². The number of hydrogen-bond acceptors (Lipinski definition) is 10. The first-order valence-corrected chi connectivity index (χ1v) is 22.7. The maximum Gasteiger partial charge on any atom is 0.335 e. The lowest BCUT2D eigenvalue weighted by atomic mass is 9.99. The average molecular weight is 799 g/mol. The number of aliphatic hydroxyl groups excluding tert-OH is 3. The lowest BCUT2D eigenvalue weighted by Crippen LogP contribution is -2.60. The third-order valence-electron chi connectivity index (χ3n) is 10.6. The lowest BCUT2D eigenvalue weighted by Gasteiger charge is -2.38. The highest BCUT2D eigenvalue weighted by Gasteiger charge is 2.47. The van der Waals surface area contributed by atoms with Gasteiger partial charge in [0.25, 0.3) is 0 Å². The van der Waals surface area contributed by atoms with Gasteiger partial charge in [0.15, 0.2) is 18.5 Å². The molecule has 0 aromatic heterocycles. The average Bonchev–Trinajstić information content (AvgIpc) is 3.18. The van der Waals surface area contributed by atoms with Crippen LogP contribution in [0.2, 0.25) is 0 Å². The van der Waals surface area contributed by atoms with E-state index in [-0.39, 0.29) is 26.1 Å². The van der Waals surface area contributed by atoms with E-state index < -0.39 is 54.7 Å². The highest BCUT2D eigenvalue weighted by atomic mass is 16.7. The Balaban J connectivity index is 2.32. The molecule has 0 aliphatic carbocycles. The molecule has 1 aliphatic rings. The fraction of sp³-hybridized carbons (Fsp3) is 0.889. The Hall–Kier alpha value is -2.05. The van der Waals surface area contributed by atoms with Crippen molar-refractivity contribution >= 4 is 17.9 Å². The minimum atomic E-state index is -1.86. The van der Waals surface area contributed by atoms with Crippen molar-refractivity contribution < 1.29 is 53.8 Å². The monoisotopic (exact) mass is 799 g/mol. The number of aliphatic carboxylic acids is 1. The molecule has 1 aliphatic heterocycles. The van der Waals surface area contributed by atoms with Crippen LogP contribution in [0.4, 0.5) is 0 Å². The van der Waals surface area contributed by atoms with Gasteiger partial charge in [0.2, 0.25) is 0 Å².